The molecule has 0 bridgehead atoms. The maximum atomic E-state index is 13.1. The van der Waals surface area contributed by atoms with E-state index in [0.29, 0.717) is 6.42 Å². The van der Waals surface area contributed by atoms with Crippen LogP contribution in [0.15, 0.2) is 42.5 Å². The van der Waals surface area contributed by atoms with Crippen molar-refractivity contribution in [3.63, 3.8) is 0 Å². The number of carbonyl (C=O) groups excluding carboxylic acids is 2. The first-order chi connectivity index (χ1) is 13.9. The molecule has 5 nitrogen and oxygen atoms in total. The highest BCUT2D eigenvalue weighted by atomic mass is 16.2. The number of imide groups is 1. The molecule has 5 heteroatoms. The van der Waals surface area contributed by atoms with Crippen LogP contribution in [-0.4, -0.2) is 44.0 Å². The summed E-state index contributed by atoms with van der Waals surface area (Å²) in [6, 6.07) is 14.4. The number of quaternary nitrogens is 2. The van der Waals surface area contributed by atoms with Crippen molar-refractivity contribution in [2.24, 2.45) is 0 Å². The topological polar surface area (TPSA) is 46.3 Å². The minimum Gasteiger partial charge on any atom is -0.322 e. The van der Waals surface area contributed by atoms with Crippen molar-refractivity contribution in [3.05, 3.63) is 64.7 Å². The molecule has 2 fully saturated rings. The molecule has 2 aromatic rings. The van der Waals surface area contributed by atoms with Crippen LogP contribution in [0.5, 0.6) is 0 Å². The molecule has 2 aromatic carbocycles. The molecule has 0 aromatic heterocycles. The van der Waals surface area contributed by atoms with Crippen LogP contribution in [0.25, 0.3) is 0 Å². The third-order valence-electron chi connectivity index (χ3n) is 6.37. The number of hydrogen-bond acceptors (Lipinski definition) is 2. The van der Waals surface area contributed by atoms with E-state index < -0.39 is 0 Å². The van der Waals surface area contributed by atoms with Gasteiger partial charge in [-0.25, -0.2) is 4.90 Å². The molecule has 4 rings (SSSR count). The summed E-state index contributed by atoms with van der Waals surface area (Å²) in [7, 11) is 0. The van der Waals surface area contributed by atoms with Crippen molar-refractivity contribution < 1.29 is 19.4 Å². The maximum absolute atomic E-state index is 13.1. The summed E-state index contributed by atoms with van der Waals surface area (Å²) in [5.41, 5.74) is 5.54. The lowest BCUT2D eigenvalue weighted by Crippen LogP contribution is -3.29. The summed E-state index contributed by atoms with van der Waals surface area (Å²) in [6.45, 7) is 11.1. The third kappa shape index (κ3) is 4.11. The van der Waals surface area contributed by atoms with E-state index in [1.807, 2.05) is 32.0 Å². The molecule has 0 unspecified atom stereocenters. The second kappa shape index (κ2) is 8.09. The predicted molar refractivity (Wildman–Crippen MR) is 113 cm³/mol. The van der Waals surface area contributed by atoms with E-state index in [0.717, 1.165) is 49.5 Å². The molecule has 2 heterocycles. The number of nitrogens with one attached hydrogen (secondary N) is 2. The van der Waals surface area contributed by atoms with Crippen molar-refractivity contribution in [2.45, 2.75) is 39.8 Å². The Morgan fingerprint density at radius 3 is 2.34 bits per heavy atom. The van der Waals surface area contributed by atoms with Crippen LogP contribution in [0.4, 0.5) is 5.69 Å². The zero-order chi connectivity index (χ0) is 20.5. The normalized spacial score (nSPS) is 24.9. The van der Waals surface area contributed by atoms with Gasteiger partial charge in [0.1, 0.15) is 32.7 Å². The van der Waals surface area contributed by atoms with Gasteiger partial charge in [0.05, 0.1) is 12.1 Å². The van der Waals surface area contributed by atoms with Crippen molar-refractivity contribution in [2.75, 3.05) is 31.1 Å². The number of aryl methyl sites for hydroxylation is 3. The standard InChI is InChI=1S/C24H29N3O2/c1-17-5-4-6-20(14-17)16-25-9-11-26(12-10-25)22-15-23(28)27(24(22)29)21-8-7-18(2)13-19(21)3/h4-8,13-14,22H,9-12,15-16H2,1-3H3/p+2/t22-/m0/s1. The number of benzene rings is 2. The summed E-state index contributed by atoms with van der Waals surface area (Å²) in [6.07, 6.45) is 0.328. The summed E-state index contributed by atoms with van der Waals surface area (Å²) < 4.78 is 0. The summed E-state index contributed by atoms with van der Waals surface area (Å²) in [5.74, 6) is -0.0897. The van der Waals surface area contributed by atoms with Crippen LogP contribution in [0, 0.1) is 20.8 Å². The third-order valence-corrected chi connectivity index (χ3v) is 6.37. The Labute approximate surface area is 172 Å². The first-order valence-corrected chi connectivity index (χ1v) is 10.6. The zero-order valence-corrected chi connectivity index (χ0v) is 17.6. The lowest BCUT2D eigenvalue weighted by molar-refractivity contribution is -1.02. The number of hydrogen-bond donors (Lipinski definition) is 2. The number of amides is 2. The fourth-order valence-electron chi connectivity index (χ4n) is 4.82. The highest BCUT2D eigenvalue weighted by Gasteiger charge is 2.47. The van der Waals surface area contributed by atoms with Crippen molar-refractivity contribution in [1.29, 1.82) is 0 Å². The highest BCUT2D eigenvalue weighted by molar-refractivity contribution is 6.22. The van der Waals surface area contributed by atoms with E-state index in [2.05, 4.69) is 31.2 Å². The van der Waals surface area contributed by atoms with E-state index in [4.69, 9.17) is 0 Å². The molecule has 1 atom stereocenters. The van der Waals surface area contributed by atoms with E-state index in [9.17, 15) is 9.59 Å². The fraction of sp³-hybridized carbons (Fsp3) is 0.417. The van der Waals surface area contributed by atoms with Gasteiger partial charge >= 0.3 is 0 Å². The van der Waals surface area contributed by atoms with Gasteiger partial charge in [0.15, 0.2) is 6.04 Å². The molecule has 0 saturated carbocycles. The molecule has 2 amide bonds. The smallest absolute Gasteiger partial charge is 0.292 e. The monoisotopic (exact) mass is 393 g/mol. The number of rotatable bonds is 4. The molecule has 2 aliphatic rings. The van der Waals surface area contributed by atoms with Gasteiger partial charge in [-0.1, -0.05) is 47.5 Å². The average Bonchev–Trinajstić information content (AvgIpc) is 2.97. The van der Waals surface area contributed by atoms with Crippen molar-refractivity contribution in [1.82, 2.24) is 0 Å². The van der Waals surface area contributed by atoms with Gasteiger partial charge in [-0.3, -0.25) is 9.59 Å². The minimum atomic E-state index is -0.233. The lowest BCUT2D eigenvalue weighted by atomic mass is 10.1. The SMILES string of the molecule is Cc1cccc(C[NH+]2CC[NH+]([C@H]3CC(=O)N(c4ccc(C)cc4C)C3=O)CC2)c1. The molecule has 0 radical (unpaired) electrons. The van der Waals surface area contributed by atoms with Gasteiger partial charge in [-0.05, 0) is 32.4 Å². The zero-order valence-electron chi connectivity index (χ0n) is 17.6. The summed E-state index contributed by atoms with van der Waals surface area (Å²) >= 11 is 0. The Balaban J connectivity index is 1.40. The number of piperazine rings is 1. The minimum absolute atomic E-state index is 0.0286. The Bertz CT molecular complexity index is 931. The number of anilines is 1. The Kier molecular flexibility index (Phi) is 5.52. The second-order valence-electron chi connectivity index (χ2n) is 8.69. The van der Waals surface area contributed by atoms with Crippen LogP contribution in [0.1, 0.15) is 28.7 Å². The van der Waals surface area contributed by atoms with Gasteiger partial charge in [-0.15, -0.1) is 0 Å². The molecule has 152 valence electrons. The van der Waals surface area contributed by atoms with E-state index in [-0.39, 0.29) is 17.9 Å². The van der Waals surface area contributed by atoms with Crippen LogP contribution >= 0.6 is 0 Å². The molecule has 2 N–H and O–H groups in total. The van der Waals surface area contributed by atoms with Crippen molar-refractivity contribution in [3.8, 4) is 0 Å². The first-order valence-electron chi connectivity index (χ1n) is 10.6. The van der Waals surface area contributed by atoms with Gasteiger partial charge in [0, 0.05) is 5.56 Å². The second-order valence-corrected chi connectivity index (χ2v) is 8.69. The molecule has 2 aliphatic heterocycles. The van der Waals surface area contributed by atoms with Gasteiger partial charge in [0.25, 0.3) is 5.91 Å². The lowest BCUT2D eigenvalue weighted by Gasteiger charge is -2.32. The van der Waals surface area contributed by atoms with Crippen LogP contribution in [-0.2, 0) is 16.1 Å². The molecular formula is C24H31N3O2+2. The molecule has 29 heavy (non-hydrogen) atoms. The van der Waals surface area contributed by atoms with Gasteiger partial charge in [0.2, 0.25) is 5.91 Å². The van der Waals surface area contributed by atoms with Gasteiger partial charge < -0.3 is 9.80 Å². The predicted octanol–water partition coefficient (Wildman–Crippen LogP) is 0.227. The Hall–Kier alpha value is -2.50. The molecule has 2 saturated heterocycles. The number of carbonyl (C=O) groups is 2. The van der Waals surface area contributed by atoms with Crippen LogP contribution in [0.3, 0.4) is 0 Å². The van der Waals surface area contributed by atoms with Crippen molar-refractivity contribution >= 4 is 17.5 Å². The maximum Gasteiger partial charge on any atom is 0.292 e. The largest absolute Gasteiger partial charge is 0.322 e. The Morgan fingerprint density at radius 1 is 0.931 bits per heavy atom. The number of nitrogens with zero attached hydrogens (tertiary/aromatic N) is 1. The molecular weight excluding hydrogens is 362 g/mol. The first kappa shape index (κ1) is 19.8. The Morgan fingerprint density at radius 2 is 1.66 bits per heavy atom. The molecule has 0 aliphatic carbocycles. The van der Waals surface area contributed by atoms with Gasteiger partial charge in [-0.2, -0.15) is 0 Å². The van der Waals surface area contributed by atoms with E-state index >= 15 is 0 Å². The highest BCUT2D eigenvalue weighted by Crippen LogP contribution is 2.26. The fourth-order valence-corrected chi connectivity index (χ4v) is 4.82. The van der Waals surface area contributed by atoms with E-state index in [1.165, 1.54) is 20.9 Å². The summed E-state index contributed by atoms with van der Waals surface area (Å²) in [5, 5.41) is 0. The van der Waals surface area contributed by atoms with Crippen LogP contribution in [0.2, 0.25) is 0 Å². The van der Waals surface area contributed by atoms with E-state index in [1.54, 1.807) is 4.90 Å². The molecule has 0 spiro atoms. The van der Waals surface area contributed by atoms with Crippen LogP contribution < -0.4 is 14.7 Å². The average molecular weight is 394 g/mol. The quantitative estimate of drug-likeness (QED) is 0.731. The summed E-state index contributed by atoms with van der Waals surface area (Å²) in [4.78, 5) is 30.1.